The smallest absolute Gasteiger partial charge is 0.431 e. The van der Waals surface area contributed by atoms with Crippen molar-refractivity contribution in [2.24, 2.45) is 0 Å². The van der Waals surface area contributed by atoms with Crippen molar-refractivity contribution < 1.29 is 28.6 Å². The summed E-state index contributed by atoms with van der Waals surface area (Å²) >= 11 is 10.3. The third-order valence-corrected chi connectivity index (χ3v) is 7.50. The molecule has 3 aromatic rings. The molecule has 1 fully saturated rings. The van der Waals surface area contributed by atoms with Gasteiger partial charge in [-0.25, -0.2) is 24.4 Å². The van der Waals surface area contributed by atoms with Gasteiger partial charge in [0.2, 0.25) is 5.60 Å². The van der Waals surface area contributed by atoms with E-state index < -0.39 is 35.0 Å². The van der Waals surface area contributed by atoms with Crippen LogP contribution in [-0.2, 0) is 25.5 Å². The summed E-state index contributed by atoms with van der Waals surface area (Å²) < 4.78 is 20.6. The van der Waals surface area contributed by atoms with Crippen LogP contribution in [0.3, 0.4) is 0 Å². The number of nitrogens with zero attached hydrogens (tertiary/aromatic N) is 4. The van der Waals surface area contributed by atoms with Gasteiger partial charge in [0.25, 0.3) is 0 Å². The number of hydrogen-bond acceptors (Lipinski definition) is 10. The average Bonchev–Trinajstić information content (AvgIpc) is 3.77. The fourth-order valence-corrected chi connectivity index (χ4v) is 5.05. The fraction of sp³-hybridized carbons (Fsp3) is 0.484. The first-order chi connectivity index (χ1) is 21.5. The van der Waals surface area contributed by atoms with Crippen molar-refractivity contribution in [3.05, 3.63) is 66.8 Å². The molecule has 0 radical (unpaired) electrons. The molecule has 4 heterocycles. The van der Waals surface area contributed by atoms with Gasteiger partial charge in [0.1, 0.15) is 35.7 Å². The number of hydrogen-bond donors (Lipinski definition) is 3. The maximum atomic E-state index is 13.2. The predicted octanol–water partition coefficient (Wildman–Crippen LogP) is 4.22. The van der Waals surface area contributed by atoms with E-state index in [1.165, 1.54) is 0 Å². The third kappa shape index (κ3) is 9.23. The fourth-order valence-electron chi connectivity index (χ4n) is 4.61. The number of carbonyl (C=O) groups excluding carboxylic acids is 2. The van der Waals surface area contributed by atoms with E-state index in [9.17, 15) is 9.59 Å². The van der Waals surface area contributed by atoms with Gasteiger partial charge in [0.05, 0.1) is 6.04 Å². The van der Waals surface area contributed by atoms with E-state index in [-0.39, 0.29) is 6.04 Å². The summed E-state index contributed by atoms with van der Waals surface area (Å²) in [5.74, 6) is 0.0139. The molecule has 1 amide bonds. The summed E-state index contributed by atoms with van der Waals surface area (Å²) in [5.41, 5.74) is 1.30. The van der Waals surface area contributed by atoms with Crippen molar-refractivity contribution in [3.63, 3.8) is 0 Å². The van der Waals surface area contributed by atoms with Crippen molar-refractivity contribution in [3.8, 4) is 5.75 Å². The minimum atomic E-state index is -1.61. The molecular formula is C31H41N7O6S2. The van der Waals surface area contributed by atoms with Gasteiger partial charge in [0, 0.05) is 31.3 Å². The highest BCUT2D eigenvalue weighted by atomic mass is 32.1. The molecule has 0 spiro atoms. The molecule has 2 aliphatic rings. The van der Waals surface area contributed by atoms with Crippen LogP contribution in [0.2, 0.25) is 0 Å². The summed E-state index contributed by atoms with van der Waals surface area (Å²) in [6.45, 7) is 12.8. The van der Waals surface area contributed by atoms with Crippen LogP contribution in [0.25, 0.3) is 0 Å². The quantitative estimate of drug-likeness (QED) is 0.203. The Morgan fingerprint density at radius 2 is 1.63 bits per heavy atom. The number of benzene rings is 1. The van der Waals surface area contributed by atoms with Crippen molar-refractivity contribution >= 4 is 46.7 Å². The van der Waals surface area contributed by atoms with E-state index in [4.69, 9.17) is 43.5 Å². The van der Waals surface area contributed by atoms with E-state index in [1.807, 2.05) is 12.1 Å². The lowest BCUT2D eigenvalue weighted by atomic mass is 9.89. The summed E-state index contributed by atoms with van der Waals surface area (Å²) in [4.78, 5) is 38.9. The summed E-state index contributed by atoms with van der Waals surface area (Å²) in [6, 6.07) is 6.04. The van der Waals surface area contributed by atoms with Crippen molar-refractivity contribution in [1.82, 2.24) is 35.2 Å². The highest BCUT2D eigenvalue weighted by Crippen LogP contribution is 2.36. The molecule has 0 saturated carbocycles. The molecule has 46 heavy (non-hydrogen) atoms. The van der Waals surface area contributed by atoms with Crippen LogP contribution in [-0.4, -0.2) is 70.8 Å². The van der Waals surface area contributed by atoms with Crippen LogP contribution in [0.1, 0.15) is 72.1 Å². The number of fused-ring (bicyclic) bond motifs is 1. The minimum absolute atomic E-state index is 0.101. The number of carbonyl (C=O) groups is 2. The van der Waals surface area contributed by atoms with Crippen LogP contribution < -0.4 is 20.9 Å². The number of nitrogens with one attached hydrogen (secondary N) is 3. The SMILES string of the molecule is CC(C)(C)OC(=O)NOC(C)(C(=O)OC(C)(C)C)[C@H]1CCc2cc(C3CNC(=S)N3)ccc2O1.S=C(n1ccnc1)n1ccnc1. The number of imidazole rings is 2. The van der Waals surface area contributed by atoms with Crippen molar-refractivity contribution in [1.29, 1.82) is 0 Å². The normalized spacial score (nSPS) is 18.7. The van der Waals surface area contributed by atoms with Gasteiger partial charge in [0.15, 0.2) is 10.2 Å². The number of amides is 1. The lowest BCUT2D eigenvalue weighted by Crippen LogP contribution is -2.58. The second-order valence-electron chi connectivity index (χ2n) is 13.0. The third-order valence-electron chi connectivity index (χ3n) is 6.82. The Kier molecular flexibility index (Phi) is 10.7. The zero-order valence-corrected chi connectivity index (χ0v) is 28.7. The number of ether oxygens (including phenoxy) is 3. The van der Waals surface area contributed by atoms with Crippen molar-refractivity contribution in [2.45, 2.75) is 90.3 Å². The lowest BCUT2D eigenvalue weighted by Gasteiger charge is -2.39. The number of rotatable bonds is 5. The Morgan fingerprint density at radius 1 is 1.00 bits per heavy atom. The molecule has 5 rings (SSSR count). The zero-order chi connectivity index (χ0) is 33.7. The van der Waals surface area contributed by atoms with Gasteiger partial charge in [-0.2, -0.15) is 5.48 Å². The number of hydroxylamine groups is 1. The number of aromatic nitrogens is 4. The van der Waals surface area contributed by atoms with Gasteiger partial charge in [-0.05, 0) is 109 Å². The Balaban J connectivity index is 0.000000331. The largest absolute Gasteiger partial charge is 0.486 e. The monoisotopic (exact) mass is 671 g/mol. The van der Waals surface area contributed by atoms with E-state index >= 15 is 0 Å². The van der Waals surface area contributed by atoms with E-state index in [0.29, 0.717) is 28.8 Å². The molecule has 248 valence electrons. The van der Waals surface area contributed by atoms with E-state index in [0.717, 1.165) is 17.7 Å². The van der Waals surface area contributed by atoms with Gasteiger partial charge in [-0.1, -0.05) is 6.07 Å². The molecule has 0 aliphatic carbocycles. The first-order valence-electron chi connectivity index (χ1n) is 14.8. The molecule has 2 aromatic heterocycles. The average molecular weight is 672 g/mol. The number of thiocarbonyl (C=S) groups is 2. The molecule has 0 bridgehead atoms. The highest BCUT2D eigenvalue weighted by molar-refractivity contribution is 7.80. The Hall–Kier alpha value is -4.08. The second-order valence-corrected chi connectivity index (χ2v) is 13.7. The molecule has 1 saturated heterocycles. The predicted molar refractivity (Wildman–Crippen MR) is 178 cm³/mol. The summed E-state index contributed by atoms with van der Waals surface area (Å²) in [6.07, 6.45) is 9.90. The number of aryl methyl sites for hydroxylation is 1. The molecule has 15 heteroatoms. The molecule has 2 aliphatic heterocycles. The maximum Gasteiger partial charge on any atom is 0.431 e. The molecular weight excluding hydrogens is 631 g/mol. The molecule has 3 atom stereocenters. The van der Waals surface area contributed by atoms with Crippen LogP contribution in [0.4, 0.5) is 4.79 Å². The topological polar surface area (TPSA) is 143 Å². The van der Waals surface area contributed by atoms with Crippen LogP contribution in [0.15, 0.2) is 55.6 Å². The number of esters is 1. The second kappa shape index (κ2) is 14.1. The summed E-state index contributed by atoms with van der Waals surface area (Å²) in [5, 5.41) is 7.64. The van der Waals surface area contributed by atoms with Gasteiger partial charge in [-0.3, -0.25) is 9.13 Å². The van der Waals surface area contributed by atoms with Crippen molar-refractivity contribution in [2.75, 3.05) is 6.54 Å². The Labute approximate surface area is 279 Å². The maximum absolute atomic E-state index is 13.2. The zero-order valence-electron chi connectivity index (χ0n) is 27.0. The van der Waals surface area contributed by atoms with E-state index in [2.05, 4.69) is 32.1 Å². The van der Waals surface area contributed by atoms with E-state index in [1.54, 1.807) is 95.0 Å². The lowest BCUT2D eigenvalue weighted by molar-refractivity contribution is -0.205. The first-order valence-corrected chi connectivity index (χ1v) is 15.6. The molecule has 3 N–H and O–H groups in total. The highest BCUT2D eigenvalue weighted by Gasteiger charge is 2.50. The van der Waals surface area contributed by atoms with Crippen LogP contribution in [0, 0.1) is 0 Å². The van der Waals surface area contributed by atoms with Crippen LogP contribution >= 0.6 is 24.4 Å². The van der Waals surface area contributed by atoms with Gasteiger partial charge < -0.3 is 24.8 Å². The molecule has 2 unspecified atom stereocenters. The molecule has 13 nitrogen and oxygen atoms in total. The Bertz CT molecular complexity index is 1500. The first kappa shape index (κ1) is 34.8. The minimum Gasteiger partial charge on any atom is -0.486 e. The van der Waals surface area contributed by atoms with Gasteiger partial charge >= 0.3 is 12.1 Å². The Morgan fingerprint density at radius 3 is 2.15 bits per heavy atom. The summed E-state index contributed by atoms with van der Waals surface area (Å²) in [7, 11) is 0. The molecule has 1 aromatic carbocycles. The standard InChI is InChI=1S/C24H35N3O6S.C7H6N4S/c1-22(2,3)31-19(28)24(7,33-27-21(29)32-23(4,5)6)18-11-9-15-12-14(8-10-17(15)30-18)16-13-25-20(34)26-16;12-7(10-3-1-8-5-10)11-4-2-9-6-11/h8,10,12,16,18H,9,11,13H2,1-7H3,(H,27,29)(H2,25,26,34);1-6H/t16?,18-,24?;/m1./s1. The van der Waals surface area contributed by atoms with Crippen LogP contribution in [0.5, 0.6) is 5.75 Å². The van der Waals surface area contributed by atoms with Gasteiger partial charge in [-0.15, -0.1) is 0 Å².